The highest BCUT2D eigenvalue weighted by Crippen LogP contribution is 2.65. The Bertz CT molecular complexity index is 1430. The van der Waals surface area contributed by atoms with Gasteiger partial charge < -0.3 is 10.6 Å². The van der Waals surface area contributed by atoms with E-state index in [1.165, 1.54) is 24.3 Å². The van der Waals surface area contributed by atoms with E-state index in [1.54, 1.807) is 18.2 Å². The van der Waals surface area contributed by atoms with Gasteiger partial charge in [0.15, 0.2) is 0 Å². The van der Waals surface area contributed by atoms with Crippen LogP contribution in [0.1, 0.15) is 27.4 Å². The van der Waals surface area contributed by atoms with E-state index < -0.39 is 33.8 Å². The molecule has 0 spiro atoms. The lowest BCUT2D eigenvalue weighted by Crippen LogP contribution is -2.18. The second kappa shape index (κ2) is 10.3. The molecule has 0 aliphatic heterocycles. The van der Waals surface area contributed by atoms with Gasteiger partial charge in [0.05, 0.1) is 42.8 Å². The maximum absolute atomic E-state index is 13.4. The van der Waals surface area contributed by atoms with E-state index in [0.29, 0.717) is 5.56 Å². The van der Waals surface area contributed by atoms with E-state index in [1.807, 2.05) is 0 Å². The van der Waals surface area contributed by atoms with E-state index in [0.717, 1.165) is 12.1 Å². The molecule has 12 heteroatoms. The summed E-state index contributed by atoms with van der Waals surface area (Å²) in [6, 6.07) is 12.5. The number of carbonyl (C=O) groups excluding carboxylic acids is 2. The minimum Gasteiger partial charge on any atom is -0.326 e. The lowest BCUT2D eigenvalue weighted by atomic mass is 10.1. The summed E-state index contributed by atoms with van der Waals surface area (Å²) < 4.78 is 12.0. The molecular formula is C24H12Cl6FN3O2. The fraction of sp³-hybridized carbons (Fsp3) is 0.125. The van der Waals surface area contributed by atoms with E-state index in [9.17, 15) is 19.2 Å². The fourth-order valence-corrected chi connectivity index (χ4v) is 5.37. The van der Waals surface area contributed by atoms with Crippen molar-refractivity contribution in [1.29, 1.82) is 5.26 Å². The minimum atomic E-state index is -1.42. The zero-order valence-corrected chi connectivity index (χ0v) is 22.2. The average molecular weight is 606 g/mol. The summed E-state index contributed by atoms with van der Waals surface area (Å²) in [5.41, 5.74) is 0.838. The van der Waals surface area contributed by atoms with Crippen LogP contribution >= 0.6 is 69.6 Å². The molecule has 3 aromatic rings. The summed E-state index contributed by atoms with van der Waals surface area (Å²) >= 11 is 37.2. The molecule has 0 bridgehead atoms. The highest BCUT2D eigenvalue weighted by molar-refractivity contribution is 6.54. The second-order valence-corrected chi connectivity index (χ2v) is 10.9. The normalized spacial score (nSPS) is 17.7. The van der Waals surface area contributed by atoms with Crippen molar-refractivity contribution in [2.75, 3.05) is 10.6 Å². The first-order chi connectivity index (χ1) is 16.9. The molecule has 3 aromatic carbocycles. The van der Waals surface area contributed by atoms with Crippen molar-refractivity contribution in [1.82, 2.24) is 0 Å². The van der Waals surface area contributed by atoms with Crippen molar-refractivity contribution in [3.8, 4) is 6.07 Å². The van der Waals surface area contributed by atoms with Gasteiger partial charge in [0, 0.05) is 11.6 Å². The van der Waals surface area contributed by atoms with E-state index >= 15 is 0 Å². The number of hydrogen-bond acceptors (Lipinski definition) is 3. The predicted molar refractivity (Wildman–Crippen MR) is 141 cm³/mol. The van der Waals surface area contributed by atoms with Gasteiger partial charge in [-0.2, -0.15) is 5.26 Å². The molecule has 1 aliphatic rings. The zero-order valence-electron chi connectivity index (χ0n) is 17.7. The van der Waals surface area contributed by atoms with E-state index in [2.05, 4.69) is 10.6 Å². The Balaban J connectivity index is 1.53. The maximum atomic E-state index is 13.4. The topological polar surface area (TPSA) is 82.0 Å². The number of rotatable bonds is 5. The number of nitrogens with one attached hydrogen (secondary N) is 2. The van der Waals surface area contributed by atoms with Crippen LogP contribution in [0.3, 0.4) is 0 Å². The molecule has 1 saturated carbocycles. The van der Waals surface area contributed by atoms with Crippen molar-refractivity contribution in [2.24, 2.45) is 5.92 Å². The quantitative estimate of drug-likeness (QED) is 0.228. The van der Waals surface area contributed by atoms with Crippen molar-refractivity contribution in [3.05, 3.63) is 91.1 Å². The summed E-state index contributed by atoms with van der Waals surface area (Å²) in [5.74, 6) is -3.25. The van der Waals surface area contributed by atoms with Crippen molar-refractivity contribution < 1.29 is 14.0 Å². The molecule has 2 N–H and O–H groups in total. The van der Waals surface area contributed by atoms with Crippen LogP contribution < -0.4 is 10.6 Å². The molecule has 2 amide bonds. The van der Waals surface area contributed by atoms with Crippen LogP contribution in [0.4, 0.5) is 15.8 Å². The first-order valence-electron chi connectivity index (χ1n) is 10.1. The Hall–Kier alpha value is -2.24. The number of alkyl halides is 2. The van der Waals surface area contributed by atoms with Gasteiger partial charge in [-0.25, -0.2) is 4.39 Å². The summed E-state index contributed by atoms with van der Waals surface area (Å²) in [5, 5.41) is 15.0. The van der Waals surface area contributed by atoms with Gasteiger partial charge in [0.25, 0.3) is 5.91 Å². The molecule has 4 rings (SSSR count). The molecule has 0 unspecified atom stereocenters. The lowest BCUT2D eigenvalue weighted by molar-refractivity contribution is -0.117. The fourth-order valence-electron chi connectivity index (χ4n) is 3.73. The number of amides is 2. The SMILES string of the molecule is N#Cc1cc(F)ccc1NC(=O)c1cc(NC(=O)[C@H]2[C@H](c3cc(Cl)c(Cl)c(Cl)c3)C2(Cl)Cl)ccc1Cl. The third-order valence-corrected chi connectivity index (χ3v) is 8.00. The van der Waals surface area contributed by atoms with Crippen LogP contribution in [0.2, 0.25) is 20.1 Å². The number of nitriles is 1. The maximum Gasteiger partial charge on any atom is 0.257 e. The molecule has 1 fully saturated rings. The predicted octanol–water partition coefficient (Wildman–Crippen LogP) is 8.09. The number of halogens is 7. The molecule has 0 saturated heterocycles. The van der Waals surface area contributed by atoms with Crippen LogP contribution in [0.15, 0.2) is 48.5 Å². The van der Waals surface area contributed by atoms with Gasteiger partial charge in [0.2, 0.25) is 5.91 Å². The molecule has 0 aromatic heterocycles. The molecule has 5 nitrogen and oxygen atoms in total. The number of nitrogens with zero attached hydrogens (tertiary/aromatic N) is 1. The highest BCUT2D eigenvalue weighted by atomic mass is 35.5. The molecule has 0 radical (unpaired) electrons. The molecule has 36 heavy (non-hydrogen) atoms. The van der Waals surface area contributed by atoms with E-state index in [4.69, 9.17) is 69.6 Å². The van der Waals surface area contributed by atoms with Crippen molar-refractivity contribution in [2.45, 2.75) is 10.3 Å². The standard InChI is InChI=1S/C24H12Cl6FN3O2/c25-15-3-2-13(8-14(15)22(35)34-18-4-1-12(31)5-11(18)9-32)33-23(36)20-19(24(20,29)30)10-6-16(26)21(28)17(27)7-10/h1-8,19-20H,(H,33,36)(H,34,35)/t19-,20+/m0/s1. The Kier molecular flexibility index (Phi) is 7.64. The second-order valence-electron chi connectivity index (χ2n) is 7.87. The summed E-state index contributed by atoms with van der Waals surface area (Å²) in [6.45, 7) is 0. The van der Waals surface area contributed by atoms with Gasteiger partial charge >= 0.3 is 0 Å². The Labute approximate surface area is 235 Å². The molecule has 2 atom stereocenters. The summed E-state index contributed by atoms with van der Waals surface area (Å²) in [6.07, 6.45) is 0. The highest BCUT2D eigenvalue weighted by Gasteiger charge is 2.67. The van der Waals surface area contributed by atoms with E-state index in [-0.39, 0.29) is 42.6 Å². The molecular weight excluding hydrogens is 594 g/mol. The number of anilines is 2. The zero-order chi connectivity index (χ0) is 26.4. The summed E-state index contributed by atoms with van der Waals surface area (Å²) in [7, 11) is 0. The van der Waals surface area contributed by atoms with Crippen molar-refractivity contribution in [3.63, 3.8) is 0 Å². The largest absolute Gasteiger partial charge is 0.326 e. The van der Waals surface area contributed by atoms with Gasteiger partial charge in [-0.15, -0.1) is 23.2 Å². The monoisotopic (exact) mass is 603 g/mol. The average Bonchev–Trinajstić information content (AvgIpc) is 3.41. The van der Waals surface area contributed by atoms with Gasteiger partial charge in [0.1, 0.15) is 16.2 Å². The minimum absolute atomic E-state index is 0.00861. The van der Waals surface area contributed by atoms with Crippen LogP contribution in [0, 0.1) is 23.1 Å². The van der Waals surface area contributed by atoms with Crippen LogP contribution in [0.25, 0.3) is 0 Å². The van der Waals surface area contributed by atoms with Gasteiger partial charge in [-0.3, -0.25) is 9.59 Å². The lowest BCUT2D eigenvalue weighted by Gasteiger charge is -2.11. The first-order valence-corrected chi connectivity index (χ1v) is 12.3. The Morgan fingerprint density at radius 3 is 2.22 bits per heavy atom. The van der Waals surface area contributed by atoms with Crippen molar-refractivity contribution >= 4 is 92.8 Å². The number of benzene rings is 3. The molecule has 184 valence electrons. The molecule has 0 heterocycles. The summed E-state index contributed by atoms with van der Waals surface area (Å²) in [4.78, 5) is 25.8. The number of carbonyl (C=O) groups is 2. The Morgan fingerprint density at radius 1 is 0.917 bits per heavy atom. The third-order valence-electron chi connectivity index (χ3n) is 5.53. The first kappa shape index (κ1) is 26.8. The van der Waals surface area contributed by atoms with Crippen LogP contribution in [-0.4, -0.2) is 16.1 Å². The number of hydrogen-bond donors (Lipinski definition) is 2. The van der Waals surface area contributed by atoms with Crippen LogP contribution in [0.5, 0.6) is 0 Å². The Morgan fingerprint density at radius 2 is 1.58 bits per heavy atom. The molecule has 1 aliphatic carbocycles. The van der Waals surface area contributed by atoms with Crippen LogP contribution in [-0.2, 0) is 4.79 Å². The smallest absolute Gasteiger partial charge is 0.257 e. The van der Waals surface area contributed by atoms with Gasteiger partial charge in [-0.05, 0) is 54.1 Å². The van der Waals surface area contributed by atoms with Gasteiger partial charge in [-0.1, -0.05) is 46.4 Å². The third kappa shape index (κ3) is 5.24.